The fraction of sp³-hybridized carbons (Fsp3) is 0.500. The zero-order valence-corrected chi connectivity index (χ0v) is 11.7. The first kappa shape index (κ1) is 13.0. The van der Waals surface area contributed by atoms with E-state index in [1.165, 1.54) is 24.2 Å². The number of anilines is 1. The fourth-order valence-corrected chi connectivity index (χ4v) is 3.28. The molecule has 0 spiro atoms. The van der Waals surface area contributed by atoms with Crippen LogP contribution in [0.3, 0.4) is 0 Å². The van der Waals surface area contributed by atoms with Crippen LogP contribution in [0.15, 0.2) is 9.93 Å². The lowest BCUT2D eigenvalue weighted by Crippen LogP contribution is -2.23. The second kappa shape index (κ2) is 5.58. The van der Waals surface area contributed by atoms with Crippen LogP contribution in [0.4, 0.5) is 6.01 Å². The van der Waals surface area contributed by atoms with E-state index in [4.69, 9.17) is 10.2 Å². The zero-order valence-electron chi connectivity index (χ0n) is 10.8. The SMILES string of the molecule is Nc1nnc(CNC(=O)c2scnc2C2CCCC2)o1. The standard InChI is InChI=1S/C12H15N5O2S/c13-12-17-16-8(19-12)5-14-11(18)10-9(15-6-20-10)7-3-1-2-4-7/h6-7H,1-5H2,(H2,13,17)(H,14,18). The maximum atomic E-state index is 12.2. The molecule has 0 radical (unpaired) electrons. The number of nitrogens with zero attached hydrogens (tertiary/aromatic N) is 3. The summed E-state index contributed by atoms with van der Waals surface area (Å²) in [5.41, 5.74) is 7.98. The summed E-state index contributed by atoms with van der Waals surface area (Å²) < 4.78 is 5.01. The van der Waals surface area contributed by atoms with E-state index in [-0.39, 0.29) is 18.5 Å². The normalized spacial score (nSPS) is 15.6. The van der Waals surface area contributed by atoms with Crippen LogP contribution in [0.1, 0.15) is 52.9 Å². The van der Waals surface area contributed by atoms with E-state index in [0.717, 1.165) is 18.5 Å². The average molecular weight is 293 g/mol. The second-order valence-corrected chi connectivity index (χ2v) is 5.62. The van der Waals surface area contributed by atoms with Gasteiger partial charge in [0, 0.05) is 5.92 Å². The molecule has 106 valence electrons. The number of nitrogens with two attached hydrogens (primary N) is 1. The van der Waals surface area contributed by atoms with E-state index in [1.807, 2.05) is 0 Å². The Morgan fingerprint density at radius 2 is 2.25 bits per heavy atom. The first-order valence-corrected chi connectivity index (χ1v) is 7.41. The van der Waals surface area contributed by atoms with Gasteiger partial charge in [-0.15, -0.1) is 16.4 Å². The molecule has 2 heterocycles. The van der Waals surface area contributed by atoms with E-state index in [0.29, 0.717) is 16.7 Å². The van der Waals surface area contributed by atoms with Crippen LogP contribution in [-0.4, -0.2) is 21.1 Å². The monoisotopic (exact) mass is 293 g/mol. The number of hydrogen-bond acceptors (Lipinski definition) is 7. The number of carbonyl (C=O) groups excluding carboxylic acids is 1. The van der Waals surface area contributed by atoms with Crippen molar-refractivity contribution in [3.05, 3.63) is 22.0 Å². The maximum absolute atomic E-state index is 12.2. The van der Waals surface area contributed by atoms with Gasteiger partial charge in [-0.2, -0.15) is 0 Å². The summed E-state index contributed by atoms with van der Waals surface area (Å²) in [5, 5.41) is 10.00. The molecule has 7 nitrogen and oxygen atoms in total. The summed E-state index contributed by atoms with van der Waals surface area (Å²) in [6.45, 7) is 0.172. The summed E-state index contributed by atoms with van der Waals surface area (Å²) in [7, 11) is 0. The largest absolute Gasteiger partial charge is 0.406 e. The Kier molecular flexibility index (Phi) is 3.64. The van der Waals surface area contributed by atoms with E-state index in [2.05, 4.69) is 20.5 Å². The van der Waals surface area contributed by atoms with Gasteiger partial charge in [0.1, 0.15) is 4.88 Å². The minimum absolute atomic E-state index is 0.00122. The van der Waals surface area contributed by atoms with Crippen molar-refractivity contribution < 1.29 is 9.21 Å². The van der Waals surface area contributed by atoms with Gasteiger partial charge in [0.2, 0.25) is 5.89 Å². The Morgan fingerprint density at radius 3 is 2.95 bits per heavy atom. The van der Waals surface area contributed by atoms with E-state index in [9.17, 15) is 4.79 Å². The van der Waals surface area contributed by atoms with Gasteiger partial charge in [-0.25, -0.2) is 4.98 Å². The van der Waals surface area contributed by atoms with E-state index in [1.54, 1.807) is 5.51 Å². The lowest BCUT2D eigenvalue weighted by Gasteiger charge is -2.08. The highest BCUT2D eigenvalue weighted by atomic mass is 32.1. The van der Waals surface area contributed by atoms with Gasteiger partial charge < -0.3 is 15.5 Å². The third kappa shape index (κ3) is 2.64. The molecule has 2 aromatic heterocycles. The molecule has 1 aliphatic carbocycles. The first-order valence-electron chi connectivity index (χ1n) is 6.53. The second-order valence-electron chi connectivity index (χ2n) is 4.76. The summed E-state index contributed by atoms with van der Waals surface area (Å²) >= 11 is 1.37. The molecule has 0 unspecified atom stereocenters. The van der Waals surface area contributed by atoms with Gasteiger partial charge in [0.25, 0.3) is 5.91 Å². The first-order chi connectivity index (χ1) is 9.74. The van der Waals surface area contributed by atoms with Crippen molar-refractivity contribution in [2.24, 2.45) is 0 Å². The van der Waals surface area contributed by atoms with Gasteiger partial charge in [0.15, 0.2) is 0 Å². The number of hydrogen-bond donors (Lipinski definition) is 2. The minimum Gasteiger partial charge on any atom is -0.406 e. The highest BCUT2D eigenvalue weighted by Gasteiger charge is 2.25. The van der Waals surface area contributed by atoms with Crippen molar-refractivity contribution in [1.29, 1.82) is 0 Å². The van der Waals surface area contributed by atoms with Crippen LogP contribution in [0.5, 0.6) is 0 Å². The molecular formula is C12H15N5O2S. The van der Waals surface area contributed by atoms with E-state index >= 15 is 0 Å². The molecule has 2 aromatic rings. The maximum Gasteiger partial charge on any atom is 0.312 e. The Morgan fingerprint density at radius 1 is 1.45 bits per heavy atom. The van der Waals surface area contributed by atoms with Crippen LogP contribution >= 0.6 is 11.3 Å². The van der Waals surface area contributed by atoms with Crippen LogP contribution in [0.25, 0.3) is 0 Å². The number of carbonyl (C=O) groups is 1. The molecule has 8 heteroatoms. The fourth-order valence-electron chi connectivity index (χ4n) is 2.49. The molecule has 1 fully saturated rings. The lowest BCUT2D eigenvalue weighted by atomic mass is 10.0. The van der Waals surface area contributed by atoms with Crippen LogP contribution in [0, 0.1) is 0 Å². The minimum atomic E-state index is -0.147. The summed E-state index contributed by atoms with van der Waals surface area (Å²) in [6.07, 6.45) is 4.66. The van der Waals surface area contributed by atoms with Crippen LogP contribution in [-0.2, 0) is 6.54 Å². The van der Waals surface area contributed by atoms with Gasteiger partial charge in [-0.05, 0) is 12.8 Å². The van der Waals surface area contributed by atoms with Crippen molar-refractivity contribution in [2.75, 3.05) is 5.73 Å². The van der Waals surface area contributed by atoms with Crippen molar-refractivity contribution in [3.63, 3.8) is 0 Å². The Labute approximate surface area is 119 Å². The summed E-state index contributed by atoms with van der Waals surface area (Å²) in [4.78, 5) is 17.3. The van der Waals surface area contributed by atoms with Crippen molar-refractivity contribution in [2.45, 2.75) is 38.1 Å². The van der Waals surface area contributed by atoms with E-state index < -0.39 is 0 Å². The smallest absolute Gasteiger partial charge is 0.312 e. The summed E-state index contributed by atoms with van der Waals surface area (Å²) in [6, 6.07) is -0.00122. The average Bonchev–Trinajstić information content (AvgIpc) is 3.16. The molecular weight excluding hydrogens is 278 g/mol. The summed E-state index contributed by atoms with van der Waals surface area (Å²) in [5.74, 6) is 0.565. The number of rotatable bonds is 4. The third-order valence-corrected chi connectivity index (χ3v) is 4.27. The number of thiazole rings is 1. The Hall–Kier alpha value is -1.96. The highest BCUT2D eigenvalue weighted by molar-refractivity contribution is 7.11. The molecule has 0 saturated heterocycles. The molecule has 1 aliphatic rings. The number of aromatic nitrogens is 3. The van der Waals surface area contributed by atoms with Gasteiger partial charge in [0.05, 0.1) is 17.7 Å². The van der Waals surface area contributed by atoms with Gasteiger partial charge in [-0.3, -0.25) is 4.79 Å². The molecule has 0 bridgehead atoms. The van der Waals surface area contributed by atoms with Gasteiger partial charge in [-0.1, -0.05) is 17.9 Å². The zero-order chi connectivity index (χ0) is 13.9. The molecule has 3 rings (SSSR count). The molecule has 1 amide bonds. The molecule has 20 heavy (non-hydrogen) atoms. The molecule has 0 aliphatic heterocycles. The predicted octanol–water partition coefficient (Wildman–Crippen LogP) is 1.70. The molecule has 0 atom stereocenters. The van der Waals surface area contributed by atoms with Crippen molar-refractivity contribution in [3.8, 4) is 0 Å². The topological polar surface area (TPSA) is 107 Å². The third-order valence-electron chi connectivity index (χ3n) is 3.43. The Balaban J connectivity index is 1.66. The number of amides is 1. The number of nitrogens with one attached hydrogen (secondary N) is 1. The van der Waals surface area contributed by atoms with Crippen LogP contribution in [0.2, 0.25) is 0 Å². The van der Waals surface area contributed by atoms with Crippen LogP contribution < -0.4 is 11.1 Å². The van der Waals surface area contributed by atoms with Crippen molar-refractivity contribution >= 4 is 23.3 Å². The molecule has 1 saturated carbocycles. The Bertz CT molecular complexity index is 603. The van der Waals surface area contributed by atoms with Gasteiger partial charge >= 0.3 is 6.01 Å². The highest BCUT2D eigenvalue weighted by Crippen LogP contribution is 2.36. The molecule has 0 aromatic carbocycles. The quantitative estimate of drug-likeness (QED) is 0.888. The molecule has 3 N–H and O–H groups in total. The predicted molar refractivity (Wildman–Crippen MR) is 73.2 cm³/mol. The van der Waals surface area contributed by atoms with Crippen molar-refractivity contribution in [1.82, 2.24) is 20.5 Å². The number of nitrogen functional groups attached to an aromatic ring is 1. The lowest BCUT2D eigenvalue weighted by molar-refractivity contribution is 0.0950.